The van der Waals surface area contributed by atoms with Gasteiger partial charge in [-0.25, -0.2) is 0 Å². The Bertz CT molecular complexity index is 218. The molecular formula is C4HCl4F5O2. The van der Waals surface area contributed by atoms with Crippen molar-refractivity contribution in [3.8, 4) is 0 Å². The Morgan fingerprint density at radius 2 is 1.27 bits per heavy atom. The molecule has 0 aliphatic carbocycles. The van der Waals surface area contributed by atoms with Crippen molar-refractivity contribution in [2.75, 3.05) is 0 Å². The first-order valence-electron chi connectivity index (χ1n) is 2.87. The molecule has 0 bridgehead atoms. The van der Waals surface area contributed by atoms with Crippen LogP contribution in [0.1, 0.15) is 0 Å². The molecule has 0 saturated carbocycles. The standard InChI is InChI=1S/C4HCl4F5O2/c5-1(6)2(9,10)14-15-3(7,8)4(11,12)13/h1H. The smallest absolute Gasteiger partial charge is 0.181 e. The van der Waals surface area contributed by atoms with Crippen LogP contribution in [-0.4, -0.2) is 21.6 Å². The van der Waals surface area contributed by atoms with Gasteiger partial charge in [0.15, 0.2) is 0 Å². The first-order valence-corrected chi connectivity index (χ1v) is 4.50. The predicted molar refractivity (Wildman–Crippen MR) is 43.1 cm³/mol. The Morgan fingerprint density at radius 3 is 1.53 bits per heavy atom. The van der Waals surface area contributed by atoms with E-state index in [0.29, 0.717) is 0 Å². The number of alkyl halides is 9. The van der Waals surface area contributed by atoms with E-state index in [1.54, 1.807) is 0 Å². The second-order valence-electron chi connectivity index (χ2n) is 2.04. The van der Waals surface area contributed by atoms with E-state index < -0.39 is 21.6 Å². The summed E-state index contributed by atoms with van der Waals surface area (Å²) in [5.74, 6) is 0. The molecule has 0 amide bonds. The number of rotatable bonds is 4. The van der Waals surface area contributed by atoms with Crippen molar-refractivity contribution in [1.29, 1.82) is 0 Å². The van der Waals surface area contributed by atoms with Crippen molar-refractivity contribution in [3.05, 3.63) is 0 Å². The van der Waals surface area contributed by atoms with Crippen molar-refractivity contribution < 1.29 is 31.7 Å². The van der Waals surface area contributed by atoms with Gasteiger partial charge < -0.3 is 0 Å². The minimum atomic E-state index is -5.33. The molecular weight excluding hydrogens is 317 g/mol. The topological polar surface area (TPSA) is 18.5 Å². The largest absolute Gasteiger partial charge is 0.450 e. The maximum Gasteiger partial charge on any atom is 0.450 e. The van der Waals surface area contributed by atoms with Gasteiger partial charge in [0.25, 0.3) is 0 Å². The highest BCUT2D eigenvalue weighted by molar-refractivity contribution is 6.47. The second kappa shape index (κ2) is 4.93. The molecule has 2 nitrogen and oxygen atoms in total. The lowest BCUT2D eigenvalue weighted by atomic mass is 10.7. The van der Waals surface area contributed by atoms with Gasteiger partial charge in [0.1, 0.15) is 0 Å². The van der Waals surface area contributed by atoms with E-state index in [0.717, 1.165) is 0 Å². The van der Waals surface area contributed by atoms with Crippen LogP contribution in [0.15, 0.2) is 0 Å². The zero-order valence-electron chi connectivity index (χ0n) is 6.30. The van der Waals surface area contributed by atoms with E-state index in [4.69, 9.17) is 0 Å². The van der Waals surface area contributed by atoms with Gasteiger partial charge in [0, 0.05) is 0 Å². The molecule has 0 rings (SSSR count). The molecule has 0 heterocycles. The van der Waals surface area contributed by atoms with Crippen LogP contribution >= 0.6 is 46.4 Å². The van der Waals surface area contributed by atoms with Gasteiger partial charge in [-0.2, -0.15) is 31.7 Å². The van der Waals surface area contributed by atoms with Gasteiger partial charge in [-0.05, 0) is 0 Å². The lowest BCUT2D eigenvalue weighted by Crippen LogP contribution is -2.40. The van der Waals surface area contributed by atoms with Crippen LogP contribution in [-0.2, 0) is 9.78 Å². The predicted octanol–water partition coefficient (Wildman–Crippen LogP) is 4.02. The van der Waals surface area contributed by atoms with Crippen molar-refractivity contribution in [1.82, 2.24) is 0 Å². The van der Waals surface area contributed by atoms with Crippen LogP contribution in [0.25, 0.3) is 0 Å². The molecule has 11 heteroatoms. The fourth-order valence-electron chi connectivity index (χ4n) is 0.191. The average molecular weight is 318 g/mol. The summed E-state index contributed by atoms with van der Waals surface area (Å²) in [7, 11) is 0. The maximum atomic E-state index is 12.4. The number of hydrogen-bond acceptors (Lipinski definition) is 2. The SMILES string of the molecule is FC(F)(OOC(Cl)(Cl)C(F)(F)F)C(Cl)Cl. The van der Waals surface area contributed by atoms with E-state index in [-0.39, 0.29) is 0 Å². The Morgan fingerprint density at radius 1 is 0.867 bits per heavy atom. The molecule has 0 unspecified atom stereocenters. The molecule has 0 aromatic rings. The van der Waals surface area contributed by atoms with Gasteiger partial charge in [0.2, 0.25) is 4.84 Å². The molecule has 0 fully saturated rings. The van der Waals surface area contributed by atoms with Gasteiger partial charge >= 0.3 is 16.8 Å². The summed E-state index contributed by atoms with van der Waals surface area (Å²) < 4.78 is 56.3. The van der Waals surface area contributed by atoms with Gasteiger partial charge in [-0.15, -0.1) is 0 Å². The molecule has 0 atom stereocenters. The minimum absolute atomic E-state index is 2.45. The van der Waals surface area contributed by atoms with Crippen LogP contribution in [0.3, 0.4) is 0 Å². The number of halogens is 9. The molecule has 0 radical (unpaired) electrons. The van der Waals surface area contributed by atoms with E-state index in [9.17, 15) is 22.0 Å². The van der Waals surface area contributed by atoms with Crippen LogP contribution < -0.4 is 0 Å². The van der Waals surface area contributed by atoms with Crippen LogP contribution in [0, 0.1) is 0 Å². The summed E-state index contributed by atoms with van der Waals surface area (Å²) in [6.45, 7) is 0. The third kappa shape index (κ3) is 4.62. The van der Waals surface area contributed by atoms with Crippen molar-refractivity contribution in [3.63, 3.8) is 0 Å². The van der Waals surface area contributed by atoms with E-state index in [1.807, 2.05) is 0 Å². The van der Waals surface area contributed by atoms with Gasteiger partial charge in [0.05, 0.1) is 0 Å². The number of hydrogen-bond donors (Lipinski definition) is 0. The third-order valence-corrected chi connectivity index (χ3v) is 1.90. The fraction of sp³-hybridized carbons (Fsp3) is 1.00. The summed E-state index contributed by atoms with van der Waals surface area (Å²) >= 11 is 18.3. The van der Waals surface area contributed by atoms with Crippen molar-refractivity contribution in [2.45, 2.75) is 21.6 Å². The summed E-state index contributed by atoms with van der Waals surface area (Å²) in [6.07, 6.45) is -9.72. The average Bonchev–Trinajstić information content (AvgIpc) is 1.99. The second-order valence-corrected chi connectivity index (χ2v) is 4.40. The lowest BCUT2D eigenvalue weighted by molar-refractivity contribution is -0.468. The van der Waals surface area contributed by atoms with Crippen LogP contribution in [0.2, 0.25) is 0 Å². The van der Waals surface area contributed by atoms with Crippen LogP contribution in [0.5, 0.6) is 0 Å². The molecule has 0 aliphatic rings. The zero-order valence-corrected chi connectivity index (χ0v) is 9.32. The van der Waals surface area contributed by atoms with E-state index in [1.165, 1.54) is 0 Å². The van der Waals surface area contributed by atoms with E-state index in [2.05, 4.69) is 56.2 Å². The molecule has 0 aliphatic heterocycles. The molecule has 92 valence electrons. The Hall–Kier alpha value is 0.730. The Balaban J connectivity index is 4.40. The lowest BCUT2D eigenvalue weighted by Gasteiger charge is -2.24. The third-order valence-electron chi connectivity index (χ3n) is 0.841. The van der Waals surface area contributed by atoms with Crippen molar-refractivity contribution in [2.24, 2.45) is 0 Å². The highest BCUT2D eigenvalue weighted by Gasteiger charge is 2.57. The highest BCUT2D eigenvalue weighted by atomic mass is 35.5. The maximum absolute atomic E-state index is 12.4. The summed E-state index contributed by atoms with van der Waals surface area (Å²) in [5, 5.41) is 0. The van der Waals surface area contributed by atoms with Crippen LogP contribution in [0.4, 0.5) is 22.0 Å². The first kappa shape index (κ1) is 15.7. The molecule has 0 aromatic heterocycles. The van der Waals surface area contributed by atoms with Gasteiger partial charge in [-0.3, -0.25) is 0 Å². The normalized spacial score (nSPS) is 14.8. The summed E-state index contributed by atoms with van der Waals surface area (Å²) in [4.78, 5) is 3.66. The Labute approximate surface area is 100 Å². The molecule has 0 spiro atoms. The molecule has 15 heavy (non-hydrogen) atoms. The summed E-state index contributed by atoms with van der Waals surface area (Å²) in [6, 6.07) is 0. The first-order chi connectivity index (χ1) is 6.40. The molecule has 0 N–H and O–H groups in total. The summed E-state index contributed by atoms with van der Waals surface area (Å²) in [5.41, 5.74) is 0. The minimum Gasteiger partial charge on any atom is -0.181 e. The monoisotopic (exact) mass is 316 g/mol. The fourth-order valence-corrected chi connectivity index (χ4v) is 0.327. The zero-order chi connectivity index (χ0) is 12.5. The van der Waals surface area contributed by atoms with Crippen molar-refractivity contribution >= 4 is 46.4 Å². The molecule has 0 saturated heterocycles. The van der Waals surface area contributed by atoms with E-state index >= 15 is 0 Å². The Kier molecular flexibility index (Phi) is 5.17. The molecule has 0 aromatic carbocycles. The highest BCUT2D eigenvalue weighted by Crippen LogP contribution is 2.42. The quantitative estimate of drug-likeness (QED) is 0.337. The van der Waals surface area contributed by atoms with Gasteiger partial charge in [-0.1, -0.05) is 46.4 Å².